The van der Waals surface area contributed by atoms with Crippen molar-refractivity contribution in [2.45, 2.75) is 20.2 Å². The molecule has 1 rings (SSSR count). The van der Waals surface area contributed by atoms with Gasteiger partial charge in [0.15, 0.2) is 0 Å². The first-order chi connectivity index (χ1) is 5.77. The molecule has 0 aliphatic rings. The maximum atomic E-state index is 10.3. The average Bonchev–Trinajstić information content (AvgIpc) is 2.17. The van der Waals surface area contributed by atoms with Crippen LogP contribution in [0.1, 0.15) is 12.5 Å². The summed E-state index contributed by atoms with van der Waals surface area (Å²) in [5, 5.41) is 2.98. The fourth-order valence-corrected chi connectivity index (χ4v) is 1.13. The summed E-state index contributed by atoms with van der Waals surface area (Å²) in [5.41, 5.74) is 2.26. The molecule has 0 saturated carbocycles. The third-order valence-corrected chi connectivity index (χ3v) is 2.00. The Kier molecular flexibility index (Phi) is 3.03. The van der Waals surface area contributed by atoms with E-state index in [2.05, 4.69) is 18.1 Å². The molecule has 0 aliphatic carbocycles. The predicted molar refractivity (Wildman–Crippen MR) is 52.9 cm³/mol. The van der Waals surface area contributed by atoms with Crippen LogP contribution in [0.3, 0.4) is 0 Å². The highest BCUT2D eigenvalue weighted by atomic mass is 16.2. The first-order valence-electron chi connectivity index (χ1n) is 4.19. The molecule has 0 bridgehead atoms. The summed E-state index contributed by atoms with van der Waals surface area (Å²) in [4.78, 5) is 10.3. The van der Waals surface area contributed by atoms with Crippen molar-refractivity contribution < 1.29 is 0 Å². The molecule has 2 nitrogen and oxygen atoms in total. The average molecular weight is 161 g/mol. The monoisotopic (exact) mass is 161 g/mol. The Hall–Kier alpha value is -1.12. The first-order valence-corrected chi connectivity index (χ1v) is 4.19. The fraction of sp³-hybridized carbons (Fsp3) is 0.333. The van der Waals surface area contributed by atoms with E-state index in [-0.39, 0.29) is 6.85 Å². The van der Waals surface area contributed by atoms with Crippen molar-refractivity contribution in [3.63, 3.8) is 0 Å². The minimum absolute atomic E-state index is 0.225. The molecule has 0 aliphatic heterocycles. The van der Waals surface area contributed by atoms with Crippen LogP contribution in [0.4, 0.5) is 0 Å². The molecule has 0 N–H and O–H groups in total. The van der Waals surface area contributed by atoms with E-state index in [1.54, 1.807) is 0 Å². The lowest BCUT2D eigenvalue weighted by molar-refractivity contribution is 1.14. The van der Waals surface area contributed by atoms with E-state index in [9.17, 15) is 4.91 Å². The van der Waals surface area contributed by atoms with Gasteiger partial charge in [0.05, 0.1) is 0 Å². The van der Waals surface area contributed by atoms with Crippen molar-refractivity contribution in [2.75, 3.05) is 0 Å². The second kappa shape index (κ2) is 4.05. The van der Waals surface area contributed by atoms with Gasteiger partial charge in [0.2, 0.25) is 0 Å². The molecular formula is C9H12BNO. The van der Waals surface area contributed by atoms with Gasteiger partial charge in [-0.05, 0) is 12.0 Å². The number of aryl methyl sites for hydroxylation is 1. The van der Waals surface area contributed by atoms with Crippen molar-refractivity contribution >= 4 is 12.3 Å². The Bertz CT molecular complexity index is 275. The van der Waals surface area contributed by atoms with Gasteiger partial charge in [-0.1, -0.05) is 43.5 Å². The summed E-state index contributed by atoms with van der Waals surface area (Å²) in [7, 11) is 0. The third-order valence-electron chi connectivity index (χ3n) is 2.00. The van der Waals surface area contributed by atoms with Gasteiger partial charge in [0, 0.05) is 0 Å². The van der Waals surface area contributed by atoms with Crippen molar-refractivity contribution in [3.05, 3.63) is 34.7 Å². The van der Waals surface area contributed by atoms with Crippen molar-refractivity contribution in [3.8, 4) is 0 Å². The zero-order chi connectivity index (χ0) is 8.97. The van der Waals surface area contributed by atoms with Crippen LogP contribution in [0.2, 0.25) is 6.82 Å². The number of nitrogens with zero attached hydrogens (tertiary/aromatic N) is 1. The number of hydrogen-bond acceptors (Lipinski definition) is 2. The fourth-order valence-electron chi connectivity index (χ4n) is 1.13. The first kappa shape index (κ1) is 8.98. The molecule has 3 heteroatoms. The second-order valence-corrected chi connectivity index (χ2v) is 2.88. The van der Waals surface area contributed by atoms with E-state index in [1.807, 2.05) is 25.0 Å². The molecule has 0 amide bonds. The standard InChI is InChI=1S/C9H12BNO/c1-3-8-5-4-6-9(7-8)10(2)11-12/h4-7H,3H2,1-2H3. The van der Waals surface area contributed by atoms with Crippen molar-refractivity contribution in [1.29, 1.82) is 0 Å². The van der Waals surface area contributed by atoms with Gasteiger partial charge >= 0.3 is 6.85 Å². The number of benzene rings is 1. The molecule has 62 valence electrons. The largest absolute Gasteiger partial charge is 0.366 e. The van der Waals surface area contributed by atoms with Crippen LogP contribution >= 0.6 is 0 Å². The van der Waals surface area contributed by atoms with Crippen molar-refractivity contribution in [1.82, 2.24) is 0 Å². The SMILES string of the molecule is CCc1cccc(B(C)N=O)c1. The summed E-state index contributed by atoms with van der Waals surface area (Å²) in [6.07, 6.45) is 0.999. The van der Waals surface area contributed by atoms with Crippen LogP contribution < -0.4 is 5.46 Å². The normalized spacial score (nSPS) is 9.50. The number of hydrogen-bond donors (Lipinski definition) is 0. The predicted octanol–water partition coefficient (Wildman–Crippen LogP) is 1.84. The molecule has 0 radical (unpaired) electrons. The maximum absolute atomic E-state index is 10.3. The Morgan fingerprint density at radius 1 is 1.50 bits per heavy atom. The molecule has 0 spiro atoms. The molecule has 1 aromatic rings. The summed E-state index contributed by atoms with van der Waals surface area (Å²) < 4.78 is 0. The summed E-state index contributed by atoms with van der Waals surface area (Å²) in [5.74, 6) is 0. The third kappa shape index (κ3) is 1.94. The molecule has 0 aromatic heterocycles. The Balaban J connectivity index is 2.93. The van der Waals surface area contributed by atoms with Gasteiger partial charge in [0.1, 0.15) is 0 Å². The van der Waals surface area contributed by atoms with Crippen LogP contribution in [0.25, 0.3) is 0 Å². The maximum Gasteiger partial charge on any atom is 0.366 e. The summed E-state index contributed by atoms with van der Waals surface area (Å²) in [6.45, 7) is 3.68. The molecule has 12 heavy (non-hydrogen) atoms. The molecule has 0 saturated heterocycles. The van der Waals surface area contributed by atoms with E-state index in [4.69, 9.17) is 0 Å². The Morgan fingerprint density at radius 2 is 2.25 bits per heavy atom. The Morgan fingerprint density at radius 3 is 2.83 bits per heavy atom. The zero-order valence-corrected chi connectivity index (χ0v) is 7.45. The smallest absolute Gasteiger partial charge is 0.167 e. The quantitative estimate of drug-likeness (QED) is 0.491. The van der Waals surface area contributed by atoms with E-state index < -0.39 is 0 Å². The van der Waals surface area contributed by atoms with Gasteiger partial charge in [0.25, 0.3) is 0 Å². The lowest BCUT2D eigenvalue weighted by atomic mass is 9.60. The van der Waals surface area contributed by atoms with Gasteiger partial charge < -0.3 is 0 Å². The summed E-state index contributed by atoms with van der Waals surface area (Å²) >= 11 is 0. The van der Waals surface area contributed by atoms with Gasteiger partial charge in [-0.25, -0.2) is 0 Å². The van der Waals surface area contributed by atoms with E-state index in [0.29, 0.717) is 0 Å². The highest BCUT2D eigenvalue weighted by molar-refractivity contribution is 6.70. The van der Waals surface area contributed by atoms with Crippen LogP contribution in [-0.2, 0) is 6.42 Å². The van der Waals surface area contributed by atoms with Crippen molar-refractivity contribution in [2.24, 2.45) is 5.09 Å². The van der Waals surface area contributed by atoms with E-state index in [1.165, 1.54) is 5.56 Å². The molecular weight excluding hydrogens is 149 g/mol. The van der Waals surface area contributed by atoms with Crippen LogP contribution in [0.15, 0.2) is 29.4 Å². The lowest BCUT2D eigenvalue weighted by Gasteiger charge is -2.01. The minimum atomic E-state index is -0.225. The number of nitroso groups, excluding NO2 is 1. The molecule has 0 heterocycles. The summed E-state index contributed by atoms with van der Waals surface area (Å²) in [6, 6.07) is 7.99. The second-order valence-electron chi connectivity index (χ2n) is 2.88. The van der Waals surface area contributed by atoms with Gasteiger partial charge in [-0.2, -0.15) is 4.91 Å². The van der Waals surface area contributed by atoms with E-state index >= 15 is 0 Å². The van der Waals surface area contributed by atoms with E-state index in [0.717, 1.165) is 11.9 Å². The minimum Gasteiger partial charge on any atom is -0.167 e. The molecule has 1 aromatic carbocycles. The van der Waals surface area contributed by atoms with Crippen LogP contribution in [0.5, 0.6) is 0 Å². The molecule has 0 unspecified atom stereocenters. The molecule has 0 fully saturated rings. The Labute approximate surface area is 73.1 Å². The number of rotatable bonds is 3. The van der Waals surface area contributed by atoms with Gasteiger partial charge in [-0.15, -0.1) is 5.09 Å². The lowest BCUT2D eigenvalue weighted by Crippen LogP contribution is -2.23. The van der Waals surface area contributed by atoms with Gasteiger partial charge in [-0.3, -0.25) is 0 Å². The van der Waals surface area contributed by atoms with Crippen LogP contribution in [-0.4, -0.2) is 6.85 Å². The molecule has 0 atom stereocenters. The zero-order valence-electron chi connectivity index (χ0n) is 7.45. The highest BCUT2D eigenvalue weighted by Crippen LogP contribution is 1.98. The van der Waals surface area contributed by atoms with Crippen LogP contribution in [0, 0.1) is 4.91 Å². The highest BCUT2D eigenvalue weighted by Gasteiger charge is 2.10. The topological polar surface area (TPSA) is 29.4 Å².